The van der Waals surface area contributed by atoms with Crippen LogP contribution < -0.4 is 5.73 Å². The Labute approximate surface area is 112 Å². The molecule has 4 nitrogen and oxygen atoms in total. The van der Waals surface area contributed by atoms with Crippen LogP contribution in [0.1, 0.15) is 44.8 Å². The Morgan fingerprint density at radius 2 is 2.39 bits per heavy atom. The summed E-state index contributed by atoms with van der Waals surface area (Å²) in [4.78, 5) is 18.6. The summed E-state index contributed by atoms with van der Waals surface area (Å²) in [7, 11) is 0. The molecule has 5 heteroatoms. The standard InChI is InChI=1S/C13H21N3OS/c1-9(2)6-16-12(17)5-3-4-10(14)13(16)11-7-18-8-15-11/h7-10,13H,3-6,14H2,1-2H3. The molecule has 0 radical (unpaired) electrons. The highest BCUT2D eigenvalue weighted by atomic mass is 32.1. The molecule has 1 aliphatic rings. The Balaban J connectivity index is 2.30. The molecule has 2 atom stereocenters. The van der Waals surface area contributed by atoms with Gasteiger partial charge >= 0.3 is 0 Å². The third-order valence-corrected chi connectivity index (χ3v) is 3.91. The van der Waals surface area contributed by atoms with Gasteiger partial charge < -0.3 is 10.6 Å². The lowest BCUT2D eigenvalue weighted by atomic mass is 10.0. The van der Waals surface area contributed by atoms with Gasteiger partial charge in [0.2, 0.25) is 5.91 Å². The molecule has 100 valence electrons. The van der Waals surface area contributed by atoms with Crippen molar-refractivity contribution in [3.63, 3.8) is 0 Å². The first-order valence-corrected chi connectivity index (χ1v) is 7.47. The molecule has 0 aromatic carbocycles. The number of hydrogen-bond donors (Lipinski definition) is 1. The summed E-state index contributed by atoms with van der Waals surface area (Å²) < 4.78 is 0. The van der Waals surface area contributed by atoms with Gasteiger partial charge in [-0.25, -0.2) is 4.98 Å². The summed E-state index contributed by atoms with van der Waals surface area (Å²) in [5.41, 5.74) is 9.03. The van der Waals surface area contributed by atoms with Crippen LogP contribution in [-0.2, 0) is 4.79 Å². The number of amides is 1. The minimum atomic E-state index is -0.0475. The SMILES string of the molecule is CC(C)CN1C(=O)CCCC(N)C1c1cscn1. The van der Waals surface area contributed by atoms with E-state index in [-0.39, 0.29) is 18.0 Å². The summed E-state index contributed by atoms with van der Waals surface area (Å²) >= 11 is 1.56. The Morgan fingerprint density at radius 3 is 3.00 bits per heavy atom. The number of nitrogens with two attached hydrogens (primary N) is 1. The highest BCUT2D eigenvalue weighted by molar-refractivity contribution is 7.07. The molecule has 2 unspecified atom stereocenters. The Kier molecular flexibility index (Phi) is 4.35. The summed E-state index contributed by atoms with van der Waals surface area (Å²) in [5, 5.41) is 2.01. The molecule has 2 heterocycles. The van der Waals surface area contributed by atoms with Crippen LogP contribution >= 0.6 is 11.3 Å². The normalized spacial score (nSPS) is 25.6. The van der Waals surface area contributed by atoms with Crippen molar-refractivity contribution in [2.45, 2.75) is 45.2 Å². The van der Waals surface area contributed by atoms with E-state index in [0.717, 1.165) is 25.1 Å². The van der Waals surface area contributed by atoms with Gasteiger partial charge in [-0.1, -0.05) is 13.8 Å². The van der Waals surface area contributed by atoms with Crippen LogP contribution in [-0.4, -0.2) is 28.4 Å². The topological polar surface area (TPSA) is 59.2 Å². The summed E-state index contributed by atoms with van der Waals surface area (Å²) in [6.45, 7) is 5.01. The van der Waals surface area contributed by atoms with Crippen LogP contribution in [0.5, 0.6) is 0 Å². The largest absolute Gasteiger partial charge is 0.332 e. The van der Waals surface area contributed by atoms with Gasteiger partial charge in [-0.15, -0.1) is 11.3 Å². The van der Waals surface area contributed by atoms with Crippen molar-refractivity contribution in [3.05, 3.63) is 16.6 Å². The fourth-order valence-electron chi connectivity index (χ4n) is 2.53. The average molecular weight is 267 g/mol. The number of carbonyl (C=O) groups excluding carboxylic acids is 1. The second-order valence-electron chi connectivity index (χ2n) is 5.35. The van der Waals surface area contributed by atoms with Gasteiger partial charge in [0, 0.05) is 24.4 Å². The molecule has 18 heavy (non-hydrogen) atoms. The third-order valence-electron chi connectivity index (χ3n) is 3.31. The van der Waals surface area contributed by atoms with Crippen LogP contribution in [0.2, 0.25) is 0 Å². The molecular weight excluding hydrogens is 246 g/mol. The molecule has 0 saturated carbocycles. The minimum Gasteiger partial charge on any atom is -0.332 e. The van der Waals surface area contributed by atoms with Crippen molar-refractivity contribution in [1.29, 1.82) is 0 Å². The molecular formula is C13H21N3OS. The smallest absolute Gasteiger partial charge is 0.223 e. The first kappa shape index (κ1) is 13.5. The average Bonchev–Trinajstić information content (AvgIpc) is 2.77. The number of nitrogens with zero attached hydrogens (tertiary/aromatic N) is 2. The molecule has 0 aliphatic carbocycles. The fourth-order valence-corrected chi connectivity index (χ4v) is 3.12. The molecule has 2 rings (SSSR count). The van der Waals surface area contributed by atoms with Gasteiger partial charge in [0.25, 0.3) is 0 Å². The van der Waals surface area contributed by atoms with Crippen molar-refractivity contribution in [2.75, 3.05) is 6.54 Å². The monoisotopic (exact) mass is 267 g/mol. The first-order valence-electron chi connectivity index (χ1n) is 6.52. The molecule has 1 aromatic heterocycles. The molecule has 1 amide bonds. The van der Waals surface area contributed by atoms with E-state index in [1.165, 1.54) is 0 Å². The van der Waals surface area contributed by atoms with Crippen molar-refractivity contribution < 1.29 is 4.79 Å². The molecule has 1 aliphatic heterocycles. The number of rotatable bonds is 3. The Bertz CT molecular complexity index is 391. The van der Waals surface area contributed by atoms with Crippen LogP contribution in [0.25, 0.3) is 0 Å². The third kappa shape index (κ3) is 2.90. The maximum atomic E-state index is 12.2. The van der Waals surface area contributed by atoms with Crippen LogP contribution in [0, 0.1) is 5.92 Å². The van der Waals surface area contributed by atoms with Gasteiger partial charge in [-0.3, -0.25) is 4.79 Å². The second kappa shape index (κ2) is 5.80. The highest BCUT2D eigenvalue weighted by Gasteiger charge is 2.34. The maximum absolute atomic E-state index is 12.2. The predicted octanol–water partition coefficient (Wildman–Crippen LogP) is 2.18. The van der Waals surface area contributed by atoms with Crippen molar-refractivity contribution >= 4 is 17.2 Å². The molecule has 1 aromatic rings. The first-order chi connectivity index (χ1) is 8.59. The van der Waals surface area contributed by atoms with Gasteiger partial charge in [0.05, 0.1) is 17.2 Å². The molecule has 1 fully saturated rings. The second-order valence-corrected chi connectivity index (χ2v) is 6.07. The lowest BCUT2D eigenvalue weighted by molar-refractivity contribution is -0.134. The molecule has 0 spiro atoms. The Morgan fingerprint density at radius 1 is 1.61 bits per heavy atom. The summed E-state index contributed by atoms with van der Waals surface area (Å²) in [6.07, 6.45) is 2.39. The van der Waals surface area contributed by atoms with E-state index < -0.39 is 0 Å². The zero-order chi connectivity index (χ0) is 13.1. The predicted molar refractivity (Wildman–Crippen MR) is 73.2 cm³/mol. The van der Waals surface area contributed by atoms with E-state index in [4.69, 9.17) is 5.73 Å². The zero-order valence-corrected chi connectivity index (χ0v) is 11.8. The number of thiazole rings is 1. The molecule has 0 bridgehead atoms. The summed E-state index contributed by atoms with van der Waals surface area (Å²) in [6, 6.07) is -0.0500. The van der Waals surface area contributed by atoms with Gasteiger partial charge in [-0.2, -0.15) is 0 Å². The maximum Gasteiger partial charge on any atom is 0.223 e. The van der Waals surface area contributed by atoms with E-state index in [9.17, 15) is 4.79 Å². The zero-order valence-electron chi connectivity index (χ0n) is 11.0. The van der Waals surface area contributed by atoms with Gasteiger partial charge in [-0.05, 0) is 18.8 Å². The van der Waals surface area contributed by atoms with E-state index in [1.54, 1.807) is 11.3 Å². The van der Waals surface area contributed by atoms with E-state index in [0.29, 0.717) is 12.3 Å². The van der Waals surface area contributed by atoms with Crippen LogP contribution in [0.4, 0.5) is 0 Å². The van der Waals surface area contributed by atoms with E-state index in [2.05, 4.69) is 18.8 Å². The molecule has 1 saturated heterocycles. The van der Waals surface area contributed by atoms with E-state index >= 15 is 0 Å². The fraction of sp³-hybridized carbons (Fsp3) is 0.692. The minimum absolute atomic E-state index is 0.00250. The highest BCUT2D eigenvalue weighted by Crippen LogP contribution is 2.30. The van der Waals surface area contributed by atoms with Gasteiger partial charge in [0.15, 0.2) is 0 Å². The number of hydrogen-bond acceptors (Lipinski definition) is 4. The van der Waals surface area contributed by atoms with Gasteiger partial charge in [0.1, 0.15) is 0 Å². The van der Waals surface area contributed by atoms with E-state index in [1.807, 2.05) is 15.8 Å². The van der Waals surface area contributed by atoms with Crippen molar-refractivity contribution in [2.24, 2.45) is 11.7 Å². The lowest BCUT2D eigenvalue weighted by Gasteiger charge is -2.33. The lowest BCUT2D eigenvalue weighted by Crippen LogP contribution is -2.44. The van der Waals surface area contributed by atoms with Crippen LogP contribution in [0.15, 0.2) is 10.9 Å². The number of likely N-dealkylation sites (tertiary alicyclic amines) is 1. The quantitative estimate of drug-likeness (QED) is 0.913. The number of carbonyl (C=O) groups is 1. The van der Waals surface area contributed by atoms with Crippen molar-refractivity contribution in [1.82, 2.24) is 9.88 Å². The summed E-state index contributed by atoms with van der Waals surface area (Å²) in [5.74, 6) is 0.662. The molecule has 2 N–H and O–H groups in total. The van der Waals surface area contributed by atoms with Crippen molar-refractivity contribution in [3.8, 4) is 0 Å². The number of aromatic nitrogens is 1. The Hall–Kier alpha value is -0.940. The van der Waals surface area contributed by atoms with Crippen LogP contribution in [0.3, 0.4) is 0 Å².